The minimum atomic E-state index is -0.716. The highest BCUT2D eigenvalue weighted by Crippen LogP contribution is 2.26. The van der Waals surface area contributed by atoms with Crippen molar-refractivity contribution in [1.82, 2.24) is 0 Å². The molecule has 34 heavy (non-hydrogen) atoms. The molecule has 1 aliphatic carbocycles. The molecule has 0 amide bonds. The molecule has 2 aromatic carbocycles. The average Bonchev–Trinajstić information content (AvgIpc) is 2.82. The smallest absolute Gasteiger partial charge is 0.341 e. The van der Waals surface area contributed by atoms with Gasteiger partial charge in [-0.2, -0.15) is 0 Å². The zero-order chi connectivity index (χ0) is 24.5. The number of hydrogen-bond donors (Lipinski definition) is 0. The van der Waals surface area contributed by atoms with Crippen LogP contribution in [-0.2, 0) is 31.8 Å². The molecule has 0 spiro atoms. The van der Waals surface area contributed by atoms with Gasteiger partial charge in [-0.1, -0.05) is 12.1 Å². The van der Waals surface area contributed by atoms with Crippen LogP contribution in [0.3, 0.4) is 0 Å². The molecule has 1 fully saturated rings. The Balaban J connectivity index is 1.48. The molecule has 6 nitrogen and oxygen atoms in total. The molecule has 0 aliphatic heterocycles. The molecule has 0 bridgehead atoms. The summed E-state index contributed by atoms with van der Waals surface area (Å²) >= 11 is 0. The lowest BCUT2D eigenvalue weighted by atomic mass is 9.94. The molecule has 0 N–H and O–H groups in total. The highest BCUT2D eigenvalue weighted by molar-refractivity contribution is 5.90. The average molecular weight is 477 g/mol. The molecule has 0 saturated heterocycles. The number of carbonyl (C=O) groups excluding carboxylic acids is 2. The highest BCUT2D eigenvalue weighted by Gasteiger charge is 2.28. The van der Waals surface area contributed by atoms with E-state index < -0.39 is 35.8 Å². The highest BCUT2D eigenvalue weighted by atomic mass is 19.1. The van der Waals surface area contributed by atoms with E-state index in [1.807, 2.05) is 0 Å². The normalized spacial score (nSPS) is 17.9. The van der Waals surface area contributed by atoms with Crippen molar-refractivity contribution in [2.45, 2.75) is 50.7 Å². The van der Waals surface area contributed by atoms with Crippen LogP contribution in [-0.4, -0.2) is 51.6 Å². The van der Waals surface area contributed by atoms with Crippen molar-refractivity contribution in [2.24, 2.45) is 0 Å². The fourth-order valence-corrected chi connectivity index (χ4v) is 3.90. The molecule has 3 rings (SSSR count). The van der Waals surface area contributed by atoms with Crippen LogP contribution in [0.4, 0.5) is 8.78 Å². The zero-order valence-electron chi connectivity index (χ0n) is 19.5. The molecule has 2 aromatic rings. The van der Waals surface area contributed by atoms with Gasteiger partial charge in [-0.05, 0) is 73.9 Å². The first-order valence-electron chi connectivity index (χ1n) is 11.4. The van der Waals surface area contributed by atoms with Crippen molar-refractivity contribution in [3.8, 4) is 0 Å². The molecule has 1 saturated carbocycles. The quantitative estimate of drug-likeness (QED) is 0.464. The van der Waals surface area contributed by atoms with Crippen molar-refractivity contribution in [3.63, 3.8) is 0 Å². The Morgan fingerprint density at radius 2 is 1.12 bits per heavy atom. The van der Waals surface area contributed by atoms with E-state index >= 15 is 0 Å². The molecule has 0 atom stereocenters. The first kappa shape index (κ1) is 25.8. The monoisotopic (exact) mass is 476 g/mol. The van der Waals surface area contributed by atoms with Crippen LogP contribution in [0.1, 0.15) is 57.5 Å². The number of esters is 2. The van der Waals surface area contributed by atoms with Gasteiger partial charge >= 0.3 is 11.9 Å². The fraction of sp³-hybridized carbons (Fsp3) is 0.462. The van der Waals surface area contributed by atoms with E-state index in [9.17, 15) is 18.4 Å². The Morgan fingerprint density at radius 3 is 1.44 bits per heavy atom. The number of carbonyl (C=O) groups is 2. The number of hydrogen-bond acceptors (Lipinski definition) is 6. The maximum Gasteiger partial charge on any atom is 0.341 e. The van der Waals surface area contributed by atoms with Gasteiger partial charge in [-0.3, -0.25) is 0 Å². The Kier molecular flexibility index (Phi) is 9.53. The Labute approximate surface area is 198 Å². The third kappa shape index (κ3) is 7.08. The van der Waals surface area contributed by atoms with E-state index in [4.69, 9.17) is 18.9 Å². The van der Waals surface area contributed by atoms with Gasteiger partial charge < -0.3 is 18.9 Å². The molecule has 8 heteroatoms. The maximum absolute atomic E-state index is 14.3. The minimum Gasteiger partial charge on any atom is -0.459 e. The molecule has 0 radical (unpaired) electrons. The van der Waals surface area contributed by atoms with Gasteiger partial charge in [0.15, 0.2) is 0 Å². The number of ether oxygens (including phenoxy) is 4. The van der Waals surface area contributed by atoms with Crippen molar-refractivity contribution in [1.29, 1.82) is 0 Å². The van der Waals surface area contributed by atoms with E-state index in [-0.39, 0.29) is 11.1 Å². The van der Waals surface area contributed by atoms with Gasteiger partial charge in [-0.25, -0.2) is 18.4 Å². The zero-order valence-corrected chi connectivity index (χ0v) is 19.5. The third-order valence-corrected chi connectivity index (χ3v) is 5.87. The third-order valence-electron chi connectivity index (χ3n) is 5.87. The molecule has 0 unspecified atom stereocenters. The first-order valence-corrected chi connectivity index (χ1v) is 11.4. The molecular formula is C26H30F2O6. The van der Waals surface area contributed by atoms with Gasteiger partial charge in [0.05, 0.1) is 24.3 Å². The van der Waals surface area contributed by atoms with E-state index in [1.165, 1.54) is 24.3 Å². The van der Waals surface area contributed by atoms with Crippen LogP contribution in [0.25, 0.3) is 0 Å². The largest absolute Gasteiger partial charge is 0.459 e. The predicted molar refractivity (Wildman–Crippen MR) is 121 cm³/mol. The summed E-state index contributed by atoms with van der Waals surface area (Å²) in [6, 6.07) is 8.83. The summed E-state index contributed by atoms with van der Waals surface area (Å²) in [7, 11) is 3.13. The van der Waals surface area contributed by atoms with E-state index in [0.29, 0.717) is 51.7 Å². The van der Waals surface area contributed by atoms with Crippen molar-refractivity contribution < 1.29 is 37.3 Å². The van der Waals surface area contributed by atoms with E-state index in [0.717, 1.165) is 11.1 Å². The van der Waals surface area contributed by atoms with Gasteiger partial charge in [0.2, 0.25) is 0 Å². The topological polar surface area (TPSA) is 71.1 Å². The number of methoxy groups -OCH3 is 2. The molecule has 0 heterocycles. The van der Waals surface area contributed by atoms with Gasteiger partial charge in [0.25, 0.3) is 0 Å². The Hall–Kier alpha value is -2.84. The lowest BCUT2D eigenvalue weighted by molar-refractivity contribution is -0.0113. The summed E-state index contributed by atoms with van der Waals surface area (Å²) in [4.78, 5) is 24.8. The minimum absolute atomic E-state index is 0.112. The van der Waals surface area contributed by atoms with Crippen molar-refractivity contribution >= 4 is 11.9 Å². The van der Waals surface area contributed by atoms with Crippen LogP contribution < -0.4 is 0 Å². The van der Waals surface area contributed by atoms with Crippen molar-refractivity contribution in [2.75, 3.05) is 27.4 Å². The second-order valence-electron chi connectivity index (χ2n) is 8.32. The van der Waals surface area contributed by atoms with Gasteiger partial charge in [0, 0.05) is 14.2 Å². The summed E-state index contributed by atoms with van der Waals surface area (Å²) in [5, 5.41) is 0. The van der Waals surface area contributed by atoms with Crippen LogP contribution in [0.5, 0.6) is 0 Å². The van der Waals surface area contributed by atoms with Gasteiger partial charge in [0.1, 0.15) is 23.8 Å². The fourth-order valence-electron chi connectivity index (χ4n) is 3.90. The summed E-state index contributed by atoms with van der Waals surface area (Å²) in [5.41, 5.74) is 1.25. The van der Waals surface area contributed by atoms with Crippen LogP contribution >= 0.6 is 0 Å². The number of benzene rings is 2. The second-order valence-corrected chi connectivity index (χ2v) is 8.32. The standard InChI is InChI=1S/C26H30F2O6/c1-31-13-11-17-3-9-21(23(27)15-17)25(29)33-19-5-7-20(8-6-19)34-26(30)22-10-4-18(12-14-32-2)16-24(22)28/h3-4,9-10,15-16,19-20H,5-8,11-14H2,1-2H3. The lowest BCUT2D eigenvalue weighted by Gasteiger charge is -2.28. The first-order chi connectivity index (χ1) is 16.4. The molecule has 1 aliphatic rings. The number of rotatable bonds is 10. The molecular weight excluding hydrogens is 446 g/mol. The summed E-state index contributed by atoms with van der Waals surface area (Å²) < 4.78 is 49.6. The van der Waals surface area contributed by atoms with Crippen LogP contribution in [0.15, 0.2) is 36.4 Å². The van der Waals surface area contributed by atoms with Crippen LogP contribution in [0.2, 0.25) is 0 Å². The molecule has 184 valence electrons. The number of halogens is 2. The summed E-state index contributed by atoms with van der Waals surface area (Å²) in [6.07, 6.45) is 2.18. The van der Waals surface area contributed by atoms with E-state index in [1.54, 1.807) is 26.4 Å². The summed E-state index contributed by atoms with van der Waals surface area (Å²) in [5.74, 6) is -2.69. The van der Waals surface area contributed by atoms with E-state index in [2.05, 4.69) is 0 Å². The predicted octanol–water partition coefficient (Wildman–Crippen LogP) is 4.67. The second kappa shape index (κ2) is 12.6. The SMILES string of the molecule is COCCc1ccc(C(=O)OC2CCC(OC(=O)c3ccc(CCOC)cc3F)CC2)c(F)c1. The summed E-state index contributed by atoms with van der Waals surface area (Å²) in [6.45, 7) is 0.923. The molecule has 0 aromatic heterocycles. The van der Waals surface area contributed by atoms with Gasteiger partial charge in [-0.15, -0.1) is 0 Å². The van der Waals surface area contributed by atoms with Crippen molar-refractivity contribution in [3.05, 3.63) is 70.3 Å². The Bertz CT molecular complexity index is 906. The maximum atomic E-state index is 14.3. The Morgan fingerprint density at radius 1 is 0.735 bits per heavy atom. The lowest BCUT2D eigenvalue weighted by Crippen LogP contribution is -2.30. The van der Waals surface area contributed by atoms with Crippen LogP contribution in [0, 0.1) is 11.6 Å².